The number of pyridine rings is 1. The second-order valence-electron chi connectivity index (χ2n) is 4.77. The Bertz CT molecular complexity index is 696. The number of halogens is 1. The predicted molar refractivity (Wildman–Crippen MR) is 78.7 cm³/mol. The zero-order valence-corrected chi connectivity index (χ0v) is 12.5. The van der Waals surface area contributed by atoms with Gasteiger partial charge in [0.2, 0.25) is 0 Å². The van der Waals surface area contributed by atoms with E-state index in [1.54, 1.807) is 29.7 Å². The fraction of sp³-hybridized carbons (Fsp3) is 0.357. The maximum Gasteiger partial charge on any atom is 0.326 e. The van der Waals surface area contributed by atoms with Gasteiger partial charge in [-0.3, -0.25) is 9.20 Å². The summed E-state index contributed by atoms with van der Waals surface area (Å²) in [6.07, 6.45) is 2.68. The van der Waals surface area contributed by atoms with Gasteiger partial charge in [-0.2, -0.15) is 0 Å². The number of amides is 1. The van der Waals surface area contributed by atoms with E-state index >= 15 is 0 Å². The van der Waals surface area contributed by atoms with Crippen molar-refractivity contribution < 1.29 is 14.7 Å². The van der Waals surface area contributed by atoms with Crippen molar-refractivity contribution in [2.75, 3.05) is 0 Å². The summed E-state index contributed by atoms with van der Waals surface area (Å²) in [7, 11) is 0. The van der Waals surface area contributed by atoms with Crippen molar-refractivity contribution in [3.63, 3.8) is 0 Å². The van der Waals surface area contributed by atoms with Crippen LogP contribution in [0.25, 0.3) is 5.65 Å². The highest BCUT2D eigenvalue weighted by Gasteiger charge is 2.23. The third-order valence-corrected chi connectivity index (χ3v) is 3.39. The van der Waals surface area contributed by atoms with Crippen LogP contribution in [0.15, 0.2) is 18.3 Å². The van der Waals surface area contributed by atoms with Gasteiger partial charge in [0.1, 0.15) is 17.4 Å². The van der Waals surface area contributed by atoms with Gasteiger partial charge in [-0.05, 0) is 19.4 Å². The topological polar surface area (TPSA) is 83.7 Å². The van der Waals surface area contributed by atoms with Crippen LogP contribution in [-0.4, -0.2) is 32.4 Å². The number of nitrogens with one attached hydrogen (secondary N) is 1. The van der Waals surface area contributed by atoms with Gasteiger partial charge in [-0.1, -0.05) is 24.9 Å². The number of carbonyl (C=O) groups is 2. The van der Waals surface area contributed by atoms with Crippen molar-refractivity contribution in [2.45, 2.75) is 32.7 Å². The molecule has 0 spiro atoms. The Morgan fingerprint density at radius 1 is 1.52 bits per heavy atom. The van der Waals surface area contributed by atoms with Gasteiger partial charge in [0.15, 0.2) is 0 Å². The van der Waals surface area contributed by atoms with E-state index in [1.807, 2.05) is 6.92 Å². The van der Waals surface area contributed by atoms with E-state index in [0.717, 1.165) is 0 Å². The summed E-state index contributed by atoms with van der Waals surface area (Å²) < 4.78 is 1.60. The zero-order valence-electron chi connectivity index (χ0n) is 11.8. The number of carbonyl (C=O) groups excluding carboxylic acids is 1. The highest BCUT2D eigenvalue weighted by Crippen LogP contribution is 2.16. The normalized spacial score (nSPS) is 12.3. The summed E-state index contributed by atoms with van der Waals surface area (Å²) in [6.45, 7) is 3.56. The van der Waals surface area contributed by atoms with Crippen LogP contribution in [0.4, 0.5) is 0 Å². The lowest BCUT2D eigenvalue weighted by atomic mass is 10.1. The Balaban J connectivity index is 2.35. The fourth-order valence-corrected chi connectivity index (χ4v) is 2.34. The number of rotatable bonds is 5. The molecule has 0 aromatic carbocycles. The SMILES string of the molecule is CCCC(NC(=O)c1c(C)nc2cc(Cl)ccn12)C(=O)O. The molecule has 1 amide bonds. The lowest BCUT2D eigenvalue weighted by Crippen LogP contribution is -2.41. The van der Waals surface area contributed by atoms with E-state index in [-0.39, 0.29) is 0 Å². The molecule has 0 fully saturated rings. The largest absolute Gasteiger partial charge is 0.480 e. The van der Waals surface area contributed by atoms with Crippen molar-refractivity contribution in [3.05, 3.63) is 34.7 Å². The quantitative estimate of drug-likeness (QED) is 0.887. The Hall–Kier alpha value is -2.08. The highest BCUT2D eigenvalue weighted by molar-refractivity contribution is 6.30. The van der Waals surface area contributed by atoms with Crippen LogP contribution in [0.5, 0.6) is 0 Å². The Morgan fingerprint density at radius 2 is 2.24 bits per heavy atom. The number of aromatic nitrogens is 2. The summed E-state index contributed by atoms with van der Waals surface area (Å²) >= 11 is 5.90. The number of hydrogen-bond acceptors (Lipinski definition) is 3. The number of carboxylic acids is 1. The molecule has 6 nitrogen and oxygen atoms in total. The fourth-order valence-electron chi connectivity index (χ4n) is 2.18. The standard InChI is InChI=1S/C14H16ClN3O3/c1-3-4-10(14(20)21)17-13(19)12-8(2)16-11-7-9(15)5-6-18(11)12/h5-7,10H,3-4H2,1-2H3,(H,17,19)(H,20,21). The van der Waals surface area contributed by atoms with Crippen LogP contribution in [-0.2, 0) is 4.79 Å². The van der Waals surface area contributed by atoms with Crippen LogP contribution in [0.3, 0.4) is 0 Å². The van der Waals surface area contributed by atoms with E-state index in [0.29, 0.717) is 34.9 Å². The average molecular weight is 310 g/mol. The highest BCUT2D eigenvalue weighted by atomic mass is 35.5. The maximum absolute atomic E-state index is 12.3. The first-order valence-corrected chi connectivity index (χ1v) is 6.99. The van der Waals surface area contributed by atoms with Gasteiger partial charge in [-0.15, -0.1) is 0 Å². The molecule has 0 aliphatic heterocycles. The maximum atomic E-state index is 12.3. The third-order valence-electron chi connectivity index (χ3n) is 3.16. The van der Waals surface area contributed by atoms with Crippen LogP contribution in [0, 0.1) is 6.92 Å². The molecule has 2 rings (SSSR count). The molecule has 2 heterocycles. The first-order chi connectivity index (χ1) is 9.93. The monoisotopic (exact) mass is 309 g/mol. The molecule has 1 unspecified atom stereocenters. The number of carboxylic acid groups (broad SMARTS) is 1. The summed E-state index contributed by atoms with van der Waals surface area (Å²) in [4.78, 5) is 27.7. The van der Waals surface area contributed by atoms with Crippen molar-refractivity contribution in [1.29, 1.82) is 0 Å². The number of aliphatic carboxylic acids is 1. The molecule has 2 N–H and O–H groups in total. The Labute approximate surface area is 126 Å². The van der Waals surface area contributed by atoms with Gasteiger partial charge in [0.25, 0.3) is 5.91 Å². The minimum Gasteiger partial charge on any atom is -0.480 e. The summed E-state index contributed by atoms with van der Waals surface area (Å²) in [6, 6.07) is 2.39. The molecule has 21 heavy (non-hydrogen) atoms. The summed E-state index contributed by atoms with van der Waals surface area (Å²) in [5.74, 6) is -1.50. The number of hydrogen-bond donors (Lipinski definition) is 2. The van der Waals surface area contributed by atoms with E-state index in [4.69, 9.17) is 16.7 Å². The van der Waals surface area contributed by atoms with Gasteiger partial charge in [0, 0.05) is 17.3 Å². The molecule has 2 aromatic heterocycles. The summed E-state index contributed by atoms with van der Waals surface area (Å²) in [5.41, 5.74) is 1.40. The molecule has 1 atom stereocenters. The molecule has 0 saturated carbocycles. The van der Waals surface area contributed by atoms with Crippen molar-refractivity contribution in [3.8, 4) is 0 Å². The summed E-state index contributed by atoms with van der Waals surface area (Å²) in [5, 5.41) is 12.2. The molecule has 112 valence electrons. The zero-order chi connectivity index (χ0) is 15.6. The number of imidazole rings is 1. The average Bonchev–Trinajstić information content (AvgIpc) is 2.72. The molecule has 0 bridgehead atoms. The Morgan fingerprint density at radius 3 is 2.86 bits per heavy atom. The predicted octanol–water partition coefficient (Wildman–Crippen LogP) is 2.28. The van der Waals surface area contributed by atoms with E-state index in [1.165, 1.54) is 0 Å². The number of aryl methyl sites for hydroxylation is 1. The first kappa shape index (κ1) is 15.3. The van der Waals surface area contributed by atoms with Crippen molar-refractivity contribution in [1.82, 2.24) is 14.7 Å². The van der Waals surface area contributed by atoms with Gasteiger partial charge in [0.05, 0.1) is 5.69 Å². The van der Waals surface area contributed by atoms with Gasteiger partial charge in [-0.25, -0.2) is 9.78 Å². The third kappa shape index (κ3) is 3.16. The minimum atomic E-state index is -1.04. The molecular formula is C14H16ClN3O3. The molecule has 0 aliphatic rings. The minimum absolute atomic E-state index is 0.323. The number of nitrogens with zero attached hydrogens (tertiary/aromatic N) is 2. The molecule has 0 radical (unpaired) electrons. The van der Waals surface area contributed by atoms with E-state index in [2.05, 4.69) is 10.3 Å². The molecule has 2 aromatic rings. The van der Waals surface area contributed by atoms with Crippen LogP contribution >= 0.6 is 11.6 Å². The molecule has 0 saturated heterocycles. The molecule has 7 heteroatoms. The lowest BCUT2D eigenvalue weighted by Gasteiger charge is -2.13. The molecular weight excluding hydrogens is 294 g/mol. The van der Waals surface area contributed by atoms with Crippen molar-refractivity contribution >= 4 is 29.1 Å². The lowest BCUT2D eigenvalue weighted by molar-refractivity contribution is -0.139. The van der Waals surface area contributed by atoms with Crippen molar-refractivity contribution in [2.24, 2.45) is 0 Å². The first-order valence-electron chi connectivity index (χ1n) is 6.62. The van der Waals surface area contributed by atoms with E-state index in [9.17, 15) is 9.59 Å². The Kier molecular flexibility index (Phi) is 4.47. The van der Waals surface area contributed by atoms with E-state index < -0.39 is 17.9 Å². The van der Waals surface area contributed by atoms with Crippen LogP contribution in [0.2, 0.25) is 5.02 Å². The van der Waals surface area contributed by atoms with Gasteiger partial charge < -0.3 is 10.4 Å². The smallest absolute Gasteiger partial charge is 0.326 e. The number of fused-ring (bicyclic) bond motifs is 1. The second kappa shape index (κ2) is 6.13. The van der Waals surface area contributed by atoms with Gasteiger partial charge >= 0.3 is 5.97 Å². The van der Waals surface area contributed by atoms with Crippen LogP contribution in [0.1, 0.15) is 35.9 Å². The molecule has 0 aliphatic carbocycles. The second-order valence-corrected chi connectivity index (χ2v) is 5.21. The van der Waals surface area contributed by atoms with Crippen LogP contribution < -0.4 is 5.32 Å².